The molecule has 20 heavy (non-hydrogen) atoms. The Morgan fingerprint density at radius 1 is 1.20 bits per heavy atom. The highest BCUT2D eigenvalue weighted by atomic mass is 16.5. The largest absolute Gasteiger partial charge is 0.481 e. The van der Waals surface area contributed by atoms with Crippen molar-refractivity contribution < 1.29 is 19.4 Å². The molecule has 116 valence electrons. The molecule has 0 heterocycles. The number of nitrogens with one attached hydrogen (secondary N) is 1. The van der Waals surface area contributed by atoms with Crippen LogP contribution in [0.3, 0.4) is 0 Å². The molecule has 0 spiro atoms. The second-order valence-electron chi connectivity index (χ2n) is 5.77. The number of rotatable bonds is 10. The lowest BCUT2D eigenvalue weighted by Crippen LogP contribution is -2.32. The second kappa shape index (κ2) is 8.95. The number of ether oxygens (including phenoxy) is 1. The Balaban J connectivity index is 2.23. The van der Waals surface area contributed by atoms with Crippen LogP contribution >= 0.6 is 0 Å². The van der Waals surface area contributed by atoms with E-state index >= 15 is 0 Å². The van der Waals surface area contributed by atoms with E-state index in [0.717, 1.165) is 45.1 Å². The third-order valence-electron chi connectivity index (χ3n) is 3.86. The van der Waals surface area contributed by atoms with Crippen LogP contribution in [0.2, 0.25) is 0 Å². The fourth-order valence-electron chi connectivity index (χ4n) is 2.91. The van der Waals surface area contributed by atoms with E-state index in [1.54, 1.807) is 0 Å². The van der Waals surface area contributed by atoms with Gasteiger partial charge >= 0.3 is 5.97 Å². The fourth-order valence-corrected chi connectivity index (χ4v) is 2.91. The van der Waals surface area contributed by atoms with Gasteiger partial charge in [-0.1, -0.05) is 19.8 Å². The Morgan fingerprint density at radius 3 is 2.50 bits per heavy atom. The van der Waals surface area contributed by atoms with E-state index in [0.29, 0.717) is 19.6 Å². The average molecular weight is 285 g/mol. The molecule has 1 aliphatic rings. The number of carboxylic acid groups (broad SMARTS) is 1. The van der Waals surface area contributed by atoms with Gasteiger partial charge in [-0.15, -0.1) is 0 Å². The van der Waals surface area contributed by atoms with Crippen LogP contribution in [0.25, 0.3) is 0 Å². The predicted octanol–water partition coefficient (Wildman–Crippen LogP) is 2.34. The molecule has 0 aromatic heterocycles. The van der Waals surface area contributed by atoms with Gasteiger partial charge in [0.2, 0.25) is 5.91 Å². The lowest BCUT2D eigenvalue weighted by molar-refractivity contribution is -0.140. The van der Waals surface area contributed by atoms with Crippen LogP contribution in [0.5, 0.6) is 0 Å². The quantitative estimate of drug-likeness (QED) is 0.604. The summed E-state index contributed by atoms with van der Waals surface area (Å²) in [5.41, 5.74) is -0.311. The lowest BCUT2D eigenvalue weighted by atomic mass is 9.79. The summed E-state index contributed by atoms with van der Waals surface area (Å²) >= 11 is 0. The lowest BCUT2D eigenvalue weighted by Gasteiger charge is -2.26. The summed E-state index contributed by atoms with van der Waals surface area (Å²) in [4.78, 5) is 22.9. The van der Waals surface area contributed by atoms with Crippen molar-refractivity contribution in [3.05, 3.63) is 0 Å². The van der Waals surface area contributed by atoms with Gasteiger partial charge in [-0.25, -0.2) is 0 Å². The Hall–Kier alpha value is -1.10. The van der Waals surface area contributed by atoms with E-state index in [-0.39, 0.29) is 17.7 Å². The van der Waals surface area contributed by atoms with Gasteiger partial charge in [0.25, 0.3) is 0 Å². The van der Waals surface area contributed by atoms with Crippen molar-refractivity contribution in [1.29, 1.82) is 0 Å². The number of aliphatic carboxylic acids is 1. The van der Waals surface area contributed by atoms with Crippen molar-refractivity contribution in [2.75, 3.05) is 19.8 Å². The van der Waals surface area contributed by atoms with E-state index in [4.69, 9.17) is 9.84 Å². The summed E-state index contributed by atoms with van der Waals surface area (Å²) in [6.45, 7) is 4.08. The van der Waals surface area contributed by atoms with Crippen LogP contribution in [-0.4, -0.2) is 36.7 Å². The summed E-state index contributed by atoms with van der Waals surface area (Å²) < 4.78 is 5.34. The zero-order valence-corrected chi connectivity index (χ0v) is 12.5. The molecular formula is C15H27NO4. The first-order valence-electron chi connectivity index (χ1n) is 7.64. The first-order valence-corrected chi connectivity index (χ1v) is 7.64. The highest BCUT2D eigenvalue weighted by Crippen LogP contribution is 2.43. The van der Waals surface area contributed by atoms with Gasteiger partial charge in [0, 0.05) is 26.2 Å². The molecule has 2 N–H and O–H groups in total. The van der Waals surface area contributed by atoms with Crippen molar-refractivity contribution in [3.8, 4) is 0 Å². The first-order chi connectivity index (χ1) is 9.58. The molecule has 5 nitrogen and oxygen atoms in total. The Labute approximate surface area is 121 Å². The number of carbonyl (C=O) groups excluding carboxylic acids is 1. The van der Waals surface area contributed by atoms with E-state index in [2.05, 4.69) is 12.2 Å². The monoisotopic (exact) mass is 285 g/mol. The summed E-state index contributed by atoms with van der Waals surface area (Å²) in [5, 5.41) is 11.9. The molecule has 0 aliphatic heterocycles. The van der Waals surface area contributed by atoms with Gasteiger partial charge in [0.15, 0.2) is 0 Å². The fraction of sp³-hybridized carbons (Fsp3) is 0.867. The molecule has 0 bridgehead atoms. The van der Waals surface area contributed by atoms with Crippen LogP contribution in [-0.2, 0) is 14.3 Å². The minimum absolute atomic E-state index is 0.0244. The maximum absolute atomic E-state index is 11.9. The first kappa shape index (κ1) is 17.0. The molecule has 1 saturated carbocycles. The molecule has 5 heteroatoms. The number of hydrogen-bond donors (Lipinski definition) is 2. The minimum atomic E-state index is -0.798. The summed E-state index contributed by atoms with van der Waals surface area (Å²) in [7, 11) is 0. The summed E-state index contributed by atoms with van der Waals surface area (Å²) in [6, 6.07) is 0. The zero-order chi connectivity index (χ0) is 14.8. The molecule has 1 fully saturated rings. The summed E-state index contributed by atoms with van der Waals surface area (Å²) in [5.74, 6) is -0.823. The second-order valence-corrected chi connectivity index (χ2v) is 5.77. The molecule has 0 saturated heterocycles. The van der Waals surface area contributed by atoms with Crippen LogP contribution in [0.1, 0.15) is 58.3 Å². The molecule has 0 aromatic rings. The number of carboxylic acids is 1. The van der Waals surface area contributed by atoms with E-state index in [1.165, 1.54) is 0 Å². The molecule has 1 aliphatic carbocycles. The number of hydrogen-bond acceptors (Lipinski definition) is 3. The molecule has 0 atom stereocenters. The van der Waals surface area contributed by atoms with Crippen molar-refractivity contribution in [1.82, 2.24) is 5.32 Å². The minimum Gasteiger partial charge on any atom is -0.481 e. The third-order valence-corrected chi connectivity index (χ3v) is 3.86. The molecule has 0 unspecified atom stereocenters. The summed E-state index contributed by atoms with van der Waals surface area (Å²) in [6.07, 6.45) is 6.03. The van der Waals surface area contributed by atoms with Crippen molar-refractivity contribution in [2.24, 2.45) is 5.41 Å². The van der Waals surface area contributed by atoms with Gasteiger partial charge < -0.3 is 15.2 Å². The Morgan fingerprint density at radius 2 is 1.90 bits per heavy atom. The van der Waals surface area contributed by atoms with Crippen LogP contribution in [0.15, 0.2) is 0 Å². The maximum Gasteiger partial charge on any atom is 0.303 e. The Kier molecular flexibility index (Phi) is 7.59. The highest BCUT2D eigenvalue weighted by molar-refractivity contribution is 5.78. The van der Waals surface area contributed by atoms with Gasteiger partial charge in [0.1, 0.15) is 0 Å². The van der Waals surface area contributed by atoms with E-state index in [9.17, 15) is 9.59 Å². The average Bonchev–Trinajstić information content (AvgIpc) is 2.80. The van der Waals surface area contributed by atoms with Gasteiger partial charge in [-0.2, -0.15) is 0 Å². The van der Waals surface area contributed by atoms with Gasteiger partial charge in [-0.05, 0) is 31.1 Å². The normalized spacial score (nSPS) is 17.1. The van der Waals surface area contributed by atoms with Crippen molar-refractivity contribution in [3.63, 3.8) is 0 Å². The number of carbonyl (C=O) groups is 2. The predicted molar refractivity (Wildman–Crippen MR) is 76.5 cm³/mol. The smallest absolute Gasteiger partial charge is 0.303 e. The molecular weight excluding hydrogens is 258 g/mol. The van der Waals surface area contributed by atoms with E-state index < -0.39 is 5.97 Å². The van der Waals surface area contributed by atoms with E-state index in [1.807, 2.05) is 0 Å². The molecule has 0 aromatic carbocycles. The maximum atomic E-state index is 11.9. The Bertz CT molecular complexity index is 311. The van der Waals surface area contributed by atoms with Crippen molar-refractivity contribution in [2.45, 2.75) is 58.3 Å². The zero-order valence-electron chi connectivity index (χ0n) is 12.5. The van der Waals surface area contributed by atoms with Gasteiger partial charge in [0.05, 0.1) is 6.42 Å². The molecule has 1 rings (SSSR count). The topological polar surface area (TPSA) is 75.6 Å². The van der Waals surface area contributed by atoms with Crippen LogP contribution < -0.4 is 5.32 Å². The number of amides is 1. The molecule has 0 radical (unpaired) electrons. The molecule has 1 amide bonds. The standard InChI is InChI=1S/C15H27NO4/c1-2-9-20-10-5-8-16-13(17)11-15(12-14(18)19)6-3-4-7-15/h2-12H2,1H3,(H,16,17)(H,18,19). The van der Waals surface area contributed by atoms with Crippen LogP contribution in [0.4, 0.5) is 0 Å². The van der Waals surface area contributed by atoms with Crippen LogP contribution in [0, 0.1) is 5.41 Å². The van der Waals surface area contributed by atoms with Crippen molar-refractivity contribution >= 4 is 11.9 Å². The SMILES string of the molecule is CCCOCCCNC(=O)CC1(CC(=O)O)CCCC1. The van der Waals surface area contributed by atoms with Gasteiger partial charge in [-0.3, -0.25) is 9.59 Å². The third kappa shape index (κ3) is 6.37. The highest BCUT2D eigenvalue weighted by Gasteiger charge is 2.37.